The molecule has 0 atom stereocenters. The molecule has 0 spiro atoms. The molecule has 3 nitrogen and oxygen atoms in total. The molecule has 1 aliphatic rings. The summed E-state index contributed by atoms with van der Waals surface area (Å²) in [5.74, 6) is 0.293. The normalized spacial score (nSPS) is 14.2. The average Bonchev–Trinajstić information content (AvgIpc) is 2.82. The number of aromatic nitrogens is 1. The molecule has 0 aliphatic carbocycles. The van der Waals surface area contributed by atoms with Crippen molar-refractivity contribution in [2.24, 2.45) is 0 Å². The Morgan fingerprint density at radius 3 is 2.74 bits per heavy atom. The minimum Gasteiger partial charge on any atom is -0.321 e. The zero-order valence-corrected chi connectivity index (χ0v) is 10.7. The highest BCUT2D eigenvalue weighted by Gasteiger charge is 2.26. The third-order valence-electron chi connectivity index (χ3n) is 3.49. The van der Waals surface area contributed by atoms with Crippen LogP contribution in [0.3, 0.4) is 0 Å². The van der Waals surface area contributed by atoms with Gasteiger partial charge in [0.15, 0.2) is 5.78 Å². The maximum absolute atomic E-state index is 12.1. The average molecular weight is 267 g/mol. The number of carbonyl (C=O) groups excluding carboxylic acids is 1. The fraction of sp³-hybridized carbons (Fsp3) is 0.0667. The van der Waals surface area contributed by atoms with E-state index in [4.69, 9.17) is 0 Å². The molecule has 0 radical (unpaired) electrons. The first kappa shape index (κ1) is 10.8. The monoisotopic (exact) mass is 267 g/mol. The van der Waals surface area contributed by atoms with Gasteiger partial charge in [-0.3, -0.25) is 9.59 Å². The van der Waals surface area contributed by atoms with Gasteiger partial charge in [-0.1, -0.05) is 36.4 Å². The lowest BCUT2D eigenvalue weighted by Gasteiger charge is -2.06. The van der Waals surface area contributed by atoms with Crippen LogP contribution in [0.15, 0.2) is 46.1 Å². The van der Waals surface area contributed by atoms with Gasteiger partial charge in [0.25, 0.3) is 5.56 Å². The Labute approximate surface area is 112 Å². The van der Waals surface area contributed by atoms with E-state index >= 15 is 0 Å². The first-order valence-corrected chi connectivity index (χ1v) is 6.98. The van der Waals surface area contributed by atoms with E-state index < -0.39 is 0 Å². The summed E-state index contributed by atoms with van der Waals surface area (Å²) in [6, 6.07) is 11.9. The summed E-state index contributed by atoms with van der Waals surface area (Å²) in [6.45, 7) is 0. The predicted octanol–water partition coefficient (Wildman–Crippen LogP) is 2.97. The molecule has 19 heavy (non-hydrogen) atoms. The zero-order chi connectivity index (χ0) is 13.0. The molecule has 2 heterocycles. The number of rotatable bonds is 0. The highest BCUT2D eigenvalue weighted by atomic mass is 32.2. The van der Waals surface area contributed by atoms with Crippen LogP contribution in [0.5, 0.6) is 0 Å². The van der Waals surface area contributed by atoms with Crippen molar-refractivity contribution in [2.45, 2.75) is 4.90 Å². The van der Waals surface area contributed by atoms with Crippen LogP contribution in [0.4, 0.5) is 0 Å². The second-order valence-electron chi connectivity index (χ2n) is 4.58. The third-order valence-corrected chi connectivity index (χ3v) is 4.61. The van der Waals surface area contributed by atoms with Crippen LogP contribution >= 0.6 is 11.8 Å². The highest BCUT2D eigenvalue weighted by Crippen LogP contribution is 2.36. The summed E-state index contributed by atoms with van der Waals surface area (Å²) < 4.78 is 0. The van der Waals surface area contributed by atoms with E-state index in [0.29, 0.717) is 11.3 Å². The molecule has 1 aliphatic heterocycles. The number of thioether (sulfide) groups is 1. The molecule has 92 valence electrons. The molecular formula is C15H9NO2S. The van der Waals surface area contributed by atoms with Crippen molar-refractivity contribution in [2.75, 3.05) is 5.75 Å². The first-order valence-electron chi connectivity index (χ1n) is 5.99. The van der Waals surface area contributed by atoms with Gasteiger partial charge >= 0.3 is 0 Å². The zero-order valence-electron chi connectivity index (χ0n) is 9.90. The fourth-order valence-electron chi connectivity index (χ4n) is 2.62. The van der Waals surface area contributed by atoms with Gasteiger partial charge in [0.2, 0.25) is 0 Å². The van der Waals surface area contributed by atoms with Crippen LogP contribution in [0, 0.1) is 0 Å². The number of fused-ring (bicyclic) bond motifs is 5. The Morgan fingerprint density at radius 2 is 1.84 bits per heavy atom. The van der Waals surface area contributed by atoms with E-state index in [9.17, 15) is 9.59 Å². The van der Waals surface area contributed by atoms with Gasteiger partial charge in [0, 0.05) is 15.7 Å². The van der Waals surface area contributed by atoms with Gasteiger partial charge in [0.05, 0.1) is 16.8 Å². The number of H-pyrrole nitrogens is 1. The van der Waals surface area contributed by atoms with Crippen molar-refractivity contribution in [3.05, 3.63) is 52.3 Å². The number of ketones is 1. The van der Waals surface area contributed by atoms with Gasteiger partial charge in [-0.2, -0.15) is 0 Å². The van der Waals surface area contributed by atoms with Crippen molar-refractivity contribution in [1.29, 1.82) is 0 Å². The fourth-order valence-corrected chi connectivity index (χ4v) is 3.72. The minimum absolute atomic E-state index is 0.0729. The molecule has 2 aromatic carbocycles. The lowest BCUT2D eigenvalue weighted by molar-refractivity contribution is 0.102. The van der Waals surface area contributed by atoms with Gasteiger partial charge in [-0.15, -0.1) is 11.8 Å². The summed E-state index contributed by atoms with van der Waals surface area (Å²) in [5.41, 5.74) is 0.880. The van der Waals surface area contributed by atoms with Gasteiger partial charge in [-0.25, -0.2) is 0 Å². The lowest BCUT2D eigenvalue weighted by Crippen LogP contribution is -2.16. The number of carbonyl (C=O) groups is 1. The SMILES string of the molecule is O=C1CSc2c1c(=O)[nH]c1c2ccc2ccccc21. The topological polar surface area (TPSA) is 49.9 Å². The summed E-state index contributed by atoms with van der Waals surface area (Å²) in [4.78, 5) is 27.5. The van der Waals surface area contributed by atoms with E-state index in [1.165, 1.54) is 11.8 Å². The van der Waals surface area contributed by atoms with Gasteiger partial charge < -0.3 is 4.98 Å². The van der Waals surface area contributed by atoms with Crippen molar-refractivity contribution < 1.29 is 4.79 Å². The van der Waals surface area contributed by atoms with Crippen molar-refractivity contribution in [3.8, 4) is 0 Å². The van der Waals surface area contributed by atoms with Gasteiger partial charge in [0.1, 0.15) is 0 Å². The second-order valence-corrected chi connectivity index (χ2v) is 5.56. The summed E-state index contributed by atoms with van der Waals surface area (Å²) in [5, 5.41) is 3.06. The van der Waals surface area contributed by atoms with Crippen LogP contribution in [0.25, 0.3) is 21.7 Å². The van der Waals surface area contributed by atoms with E-state index in [0.717, 1.165) is 26.6 Å². The van der Waals surface area contributed by atoms with Crippen LogP contribution < -0.4 is 5.56 Å². The third kappa shape index (κ3) is 1.40. The molecule has 1 aromatic heterocycles. The van der Waals surface area contributed by atoms with E-state index in [1.54, 1.807) is 0 Å². The highest BCUT2D eigenvalue weighted by molar-refractivity contribution is 8.00. The number of hydrogen-bond donors (Lipinski definition) is 1. The molecule has 0 fully saturated rings. The molecule has 4 rings (SSSR count). The summed E-state index contributed by atoms with van der Waals surface area (Å²) in [7, 11) is 0. The molecule has 0 amide bonds. The van der Waals surface area contributed by atoms with Crippen molar-refractivity contribution >= 4 is 39.2 Å². The molecule has 0 saturated heterocycles. The molecule has 4 heteroatoms. The Hall–Kier alpha value is -2.07. The van der Waals surface area contributed by atoms with E-state index in [2.05, 4.69) is 4.98 Å². The quantitative estimate of drug-likeness (QED) is 0.637. The van der Waals surface area contributed by atoms with Crippen LogP contribution in [-0.4, -0.2) is 16.5 Å². The predicted molar refractivity (Wildman–Crippen MR) is 77.1 cm³/mol. The largest absolute Gasteiger partial charge is 0.321 e. The van der Waals surface area contributed by atoms with Crippen LogP contribution in [0.2, 0.25) is 0 Å². The maximum Gasteiger partial charge on any atom is 0.260 e. The number of benzene rings is 2. The van der Waals surface area contributed by atoms with Crippen LogP contribution in [-0.2, 0) is 0 Å². The molecule has 0 bridgehead atoms. The smallest absolute Gasteiger partial charge is 0.260 e. The Bertz CT molecular complexity index is 911. The number of nitrogens with one attached hydrogen (secondary N) is 1. The Balaban J connectivity index is 2.27. The van der Waals surface area contributed by atoms with E-state index in [-0.39, 0.29) is 11.3 Å². The van der Waals surface area contributed by atoms with Gasteiger partial charge in [-0.05, 0) is 5.39 Å². The summed E-state index contributed by atoms with van der Waals surface area (Å²) >= 11 is 1.46. The Morgan fingerprint density at radius 1 is 1.00 bits per heavy atom. The molecule has 1 N–H and O–H groups in total. The number of Topliss-reactive ketones (excluding diaryl/α,β-unsaturated/α-hetero) is 1. The molecule has 0 saturated carbocycles. The Kier molecular flexibility index (Phi) is 2.11. The minimum atomic E-state index is -0.270. The standard InChI is InChI=1S/C15H9NO2S/c17-11-7-19-14-10-6-5-8-3-1-2-4-9(8)13(10)16-15(18)12(11)14/h1-6H,7H2,(H,16,18). The van der Waals surface area contributed by atoms with Crippen molar-refractivity contribution in [3.63, 3.8) is 0 Å². The number of aromatic amines is 1. The van der Waals surface area contributed by atoms with E-state index in [1.807, 2.05) is 36.4 Å². The molecule has 3 aromatic rings. The van der Waals surface area contributed by atoms with Crippen molar-refractivity contribution in [1.82, 2.24) is 4.98 Å². The number of pyridine rings is 1. The molecular weight excluding hydrogens is 258 g/mol. The maximum atomic E-state index is 12.1. The van der Waals surface area contributed by atoms with Crippen LogP contribution in [0.1, 0.15) is 10.4 Å². The lowest BCUT2D eigenvalue weighted by atomic mass is 10.0. The second kappa shape index (κ2) is 3.71. The molecule has 0 unspecified atom stereocenters. The first-order chi connectivity index (χ1) is 9.25. The summed E-state index contributed by atoms with van der Waals surface area (Å²) in [6.07, 6.45) is 0. The number of hydrogen-bond acceptors (Lipinski definition) is 3.